The van der Waals surface area contributed by atoms with Gasteiger partial charge in [-0.25, -0.2) is 0 Å². The van der Waals surface area contributed by atoms with Crippen molar-refractivity contribution in [2.45, 2.75) is 32.9 Å². The largest absolute Gasteiger partial charge is 0.454 e. The van der Waals surface area contributed by atoms with Crippen LogP contribution in [0.1, 0.15) is 31.1 Å². The molecule has 0 radical (unpaired) electrons. The Morgan fingerprint density at radius 1 is 1.17 bits per heavy atom. The standard InChI is InChI=1S/C18H24N2O4/c1-11(2)20-8-14(9-20)18(22)19(4)12(3)17(21)13-5-6-15-16(7-13)24-10-23-15/h5-7,11-12,14H,8-10H2,1-4H3/t12-/m0/s1. The second-order valence-corrected chi connectivity index (χ2v) is 6.80. The number of likely N-dealkylation sites (tertiary alicyclic amines) is 1. The third-order valence-electron chi connectivity index (χ3n) is 4.95. The zero-order valence-electron chi connectivity index (χ0n) is 14.6. The Morgan fingerprint density at radius 2 is 1.83 bits per heavy atom. The smallest absolute Gasteiger partial charge is 0.231 e. The van der Waals surface area contributed by atoms with E-state index in [-0.39, 0.29) is 24.4 Å². The van der Waals surface area contributed by atoms with Crippen molar-refractivity contribution in [3.8, 4) is 11.5 Å². The fourth-order valence-corrected chi connectivity index (χ4v) is 3.04. The highest BCUT2D eigenvalue weighted by molar-refractivity contribution is 6.02. The van der Waals surface area contributed by atoms with Crippen LogP contribution in [-0.4, -0.2) is 60.5 Å². The van der Waals surface area contributed by atoms with E-state index < -0.39 is 6.04 Å². The van der Waals surface area contributed by atoms with Crippen LogP contribution in [0.15, 0.2) is 18.2 Å². The molecule has 1 saturated heterocycles. The van der Waals surface area contributed by atoms with Gasteiger partial charge < -0.3 is 14.4 Å². The van der Waals surface area contributed by atoms with Gasteiger partial charge in [0.05, 0.1) is 12.0 Å². The van der Waals surface area contributed by atoms with Crippen molar-refractivity contribution in [3.05, 3.63) is 23.8 Å². The summed E-state index contributed by atoms with van der Waals surface area (Å²) in [5, 5.41) is 0. The number of amides is 1. The Hall–Kier alpha value is -2.08. The lowest BCUT2D eigenvalue weighted by Gasteiger charge is -2.43. The zero-order valence-corrected chi connectivity index (χ0v) is 14.6. The number of Topliss-reactive ketones (excluding diaryl/α,β-unsaturated/α-hetero) is 1. The van der Waals surface area contributed by atoms with Crippen LogP contribution in [0.4, 0.5) is 0 Å². The van der Waals surface area contributed by atoms with E-state index in [1.54, 1.807) is 37.1 Å². The van der Waals surface area contributed by atoms with Gasteiger partial charge in [0.15, 0.2) is 17.3 Å². The molecular weight excluding hydrogens is 308 g/mol. The van der Waals surface area contributed by atoms with Gasteiger partial charge in [0.1, 0.15) is 0 Å². The van der Waals surface area contributed by atoms with Gasteiger partial charge in [-0.1, -0.05) is 0 Å². The molecule has 0 saturated carbocycles. The van der Waals surface area contributed by atoms with Crippen molar-refractivity contribution < 1.29 is 19.1 Å². The number of benzene rings is 1. The van der Waals surface area contributed by atoms with E-state index in [1.165, 1.54) is 0 Å². The molecule has 3 rings (SSSR count). The van der Waals surface area contributed by atoms with Crippen molar-refractivity contribution in [2.75, 3.05) is 26.9 Å². The summed E-state index contributed by atoms with van der Waals surface area (Å²) in [6.45, 7) is 7.72. The first-order valence-corrected chi connectivity index (χ1v) is 8.33. The minimum atomic E-state index is -0.508. The van der Waals surface area contributed by atoms with Crippen molar-refractivity contribution >= 4 is 11.7 Å². The number of hydrogen-bond donors (Lipinski definition) is 0. The summed E-state index contributed by atoms with van der Waals surface area (Å²) < 4.78 is 10.6. The van der Waals surface area contributed by atoms with Crippen molar-refractivity contribution in [1.29, 1.82) is 0 Å². The number of hydrogen-bond acceptors (Lipinski definition) is 5. The fraction of sp³-hybridized carbons (Fsp3) is 0.556. The number of ketones is 1. The first kappa shape index (κ1) is 16.8. The lowest BCUT2D eigenvalue weighted by Crippen LogP contribution is -2.57. The van der Waals surface area contributed by atoms with E-state index in [4.69, 9.17) is 9.47 Å². The maximum Gasteiger partial charge on any atom is 0.231 e. The molecule has 0 bridgehead atoms. The predicted octanol–water partition coefficient (Wildman–Crippen LogP) is 1.79. The predicted molar refractivity (Wildman–Crippen MR) is 89.3 cm³/mol. The van der Waals surface area contributed by atoms with Crippen LogP contribution >= 0.6 is 0 Å². The molecule has 2 aliphatic rings. The van der Waals surface area contributed by atoms with Crippen LogP contribution in [0.3, 0.4) is 0 Å². The Kier molecular flexibility index (Phi) is 4.49. The zero-order chi connectivity index (χ0) is 17.4. The van der Waals surface area contributed by atoms with Gasteiger partial charge in [-0.3, -0.25) is 14.5 Å². The summed E-state index contributed by atoms with van der Waals surface area (Å²) in [5.74, 6) is 1.16. The highest BCUT2D eigenvalue weighted by Gasteiger charge is 2.37. The molecule has 6 heteroatoms. The topological polar surface area (TPSA) is 59.1 Å². The van der Waals surface area contributed by atoms with Crippen LogP contribution in [0, 0.1) is 5.92 Å². The van der Waals surface area contributed by atoms with Crippen molar-refractivity contribution in [2.24, 2.45) is 5.92 Å². The van der Waals surface area contributed by atoms with Gasteiger partial charge in [0.25, 0.3) is 0 Å². The number of rotatable bonds is 5. The van der Waals surface area contributed by atoms with Crippen LogP contribution in [-0.2, 0) is 4.79 Å². The average molecular weight is 332 g/mol. The minimum absolute atomic E-state index is 0.00981. The molecule has 0 N–H and O–H groups in total. The molecule has 6 nitrogen and oxygen atoms in total. The first-order valence-electron chi connectivity index (χ1n) is 8.33. The molecule has 1 aromatic rings. The molecule has 0 aromatic heterocycles. The van der Waals surface area contributed by atoms with Crippen LogP contribution in [0.2, 0.25) is 0 Å². The molecule has 1 atom stereocenters. The van der Waals surface area contributed by atoms with Gasteiger partial charge in [-0.05, 0) is 39.0 Å². The maximum atomic E-state index is 12.7. The Bertz CT molecular complexity index is 652. The fourth-order valence-electron chi connectivity index (χ4n) is 3.04. The molecule has 130 valence electrons. The number of fused-ring (bicyclic) bond motifs is 1. The van der Waals surface area contributed by atoms with Gasteiger partial charge in [-0.15, -0.1) is 0 Å². The molecule has 2 heterocycles. The first-order chi connectivity index (χ1) is 11.4. The Labute approximate surface area is 142 Å². The summed E-state index contributed by atoms with van der Waals surface area (Å²) in [6.07, 6.45) is 0. The second kappa shape index (κ2) is 6.43. The van der Waals surface area contributed by atoms with Crippen LogP contribution < -0.4 is 9.47 Å². The summed E-state index contributed by atoms with van der Waals surface area (Å²) >= 11 is 0. The molecule has 1 aromatic carbocycles. The van der Waals surface area contributed by atoms with E-state index in [0.29, 0.717) is 23.1 Å². The SMILES string of the molecule is CC(C)N1CC(C(=O)N(C)[C@@H](C)C(=O)c2ccc3c(c2)OCO3)C1. The lowest BCUT2D eigenvalue weighted by molar-refractivity contribution is -0.141. The van der Waals surface area contributed by atoms with E-state index >= 15 is 0 Å². The van der Waals surface area contributed by atoms with Crippen LogP contribution in [0.5, 0.6) is 11.5 Å². The molecular formula is C18H24N2O4. The summed E-state index contributed by atoms with van der Waals surface area (Å²) in [7, 11) is 1.70. The average Bonchev–Trinajstić information content (AvgIpc) is 2.98. The van der Waals surface area contributed by atoms with E-state index in [9.17, 15) is 9.59 Å². The van der Waals surface area contributed by atoms with Gasteiger partial charge >= 0.3 is 0 Å². The number of carbonyl (C=O) groups excluding carboxylic acids is 2. The highest BCUT2D eigenvalue weighted by atomic mass is 16.7. The molecule has 24 heavy (non-hydrogen) atoms. The summed E-state index contributed by atoms with van der Waals surface area (Å²) in [6, 6.07) is 5.08. The Morgan fingerprint density at radius 3 is 2.50 bits per heavy atom. The van der Waals surface area contributed by atoms with Gasteiger partial charge in [0.2, 0.25) is 12.7 Å². The maximum absolute atomic E-state index is 12.7. The van der Waals surface area contributed by atoms with E-state index in [2.05, 4.69) is 18.7 Å². The quantitative estimate of drug-likeness (QED) is 0.770. The highest BCUT2D eigenvalue weighted by Crippen LogP contribution is 2.33. The van der Waals surface area contributed by atoms with E-state index in [1.807, 2.05) is 0 Å². The van der Waals surface area contributed by atoms with Crippen molar-refractivity contribution in [3.63, 3.8) is 0 Å². The second-order valence-electron chi connectivity index (χ2n) is 6.80. The number of carbonyl (C=O) groups is 2. The molecule has 0 unspecified atom stereocenters. The van der Waals surface area contributed by atoms with Crippen LogP contribution in [0.25, 0.3) is 0 Å². The molecule has 0 aliphatic carbocycles. The molecule has 1 fully saturated rings. The minimum Gasteiger partial charge on any atom is -0.454 e. The number of nitrogens with zero attached hydrogens (tertiary/aromatic N) is 2. The molecule has 2 aliphatic heterocycles. The summed E-state index contributed by atoms with van der Waals surface area (Å²) in [5.41, 5.74) is 0.531. The third-order valence-corrected chi connectivity index (χ3v) is 4.95. The normalized spacial score (nSPS) is 18.4. The third kappa shape index (κ3) is 2.98. The number of likely N-dealkylation sites (N-methyl/N-ethyl adjacent to an activating group) is 1. The molecule has 0 spiro atoms. The van der Waals surface area contributed by atoms with Gasteiger partial charge in [0, 0.05) is 31.7 Å². The summed E-state index contributed by atoms with van der Waals surface area (Å²) in [4.78, 5) is 29.1. The van der Waals surface area contributed by atoms with Crippen molar-refractivity contribution in [1.82, 2.24) is 9.80 Å². The molecule has 1 amide bonds. The monoisotopic (exact) mass is 332 g/mol. The van der Waals surface area contributed by atoms with Gasteiger partial charge in [-0.2, -0.15) is 0 Å². The lowest BCUT2D eigenvalue weighted by atomic mass is 9.95. The van der Waals surface area contributed by atoms with E-state index in [0.717, 1.165) is 13.1 Å². The number of ether oxygens (including phenoxy) is 2. The Balaban J connectivity index is 1.64.